The van der Waals surface area contributed by atoms with Crippen LogP contribution in [0.15, 0.2) is 48.5 Å². The number of amides is 2. The fourth-order valence-corrected chi connectivity index (χ4v) is 4.10. The molecule has 0 saturated carbocycles. The number of carbonyl (C=O) groups is 2. The summed E-state index contributed by atoms with van der Waals surface area (Å²) in [5, 5.41) is 0. The maximum atomic E-state index is 13.0. The number of hydrogen-bond donors (Lipinski definition) is 0. The zero-order chi connectivity index (χ0) is 22.5. The molecule has 0 saturated heterocycles. The molecule has 2 atom stereocenters. The number of likely N-dealkylation sites (N-methyl/N-ethyl adjacent to an activating group) is 1. The van der Waals surface area contributed by atoms with Crippen molar-refractivity contribution in [2.45, 2.75) is 52.7 Å². The summed E-state index contributed by atoms with van der Waals surface area (Å²) >= 11 is 0. The van der Waals surface area contributed by atoms with Gasteiger partial charge in [-0.3, -0.25) is 9.59 Å². The van der Waals surface area contributed by atoms with Crippen molar-refractivity contribution in [2.75, 3.05) is 20.1 Å². The number of nitrogens with zero attached hydrogens (tertiary/aromatic N) is 2. The van der Waals surface area contributed by atoms with Crippen LogP contribution in [0.3, 0.4) is 0 Å². The maximum absolute atomic E-state index is 13.0. The first-order valence-electron chi connectivity index (χ1n) is 11.3. The van der Waals surface area contributed by atoms with Crippen molar-refractivity contribution >= 4 is 11.8 Å². The quantitative estimate of drug-likeness (QED) is 0.662. The first-order valence-corrected chi connectivity index (χ1v) is 11.3. The van der Waals surface area contributed by atoms with Gasteiger partial charge in [0.1, 0.15) is 5.75 Å². The monoisotopic (exact) mass is 422 g/mol. The molecule has 0 fully saturated rings. The Labute approximate surface area is 186 Å². The Balaban J connectivity index is 1.99. The molecule has 31 heavy (non-hydrogen) atoms. The van der Waals surface area contributed by atoms with Gasteiger partial charge in [0.2, 0.25) is 5.91 Å². The number of ether oxygens (including phenoxy) is 1. The number of fused-ring (bicyclic) bond motifs is 1. The summed E-state index contributed by atoms with van der Waals surface area (Å²) in [6, 6.07) is 16.0. The van der Waals surface area contributed by atoms with E-state index in [0.717, 1.165) is 17.5 Å². The van der Waals surface area contributed by atoms with Crippen LogP contribution in [0.1, 0.15) is 56.8 Å². The molecule has 166 valence electrons. The third-order valence-corrected chi connectivity index (χ3v) is 6.01. The van der Waals surface area contributed by atoms with Gasteiger partial charge in [-0.1, -0.05) is 57.2 Å². The Morgan fingerprint density at radius 3 is 2.45 bits per heavy atom. The lowest BCUT2D eigenvalue weighted by molar-refractivity contribution is -0.137. The minimum Gasteiger partial charge on any atom is -0.481 e. The summed E-state index contributed by atoms with van der Waals surface area (Å²) in [6.45, 7) is 9.14. The Bertz CT molecular complexity index is 910. The van der Waals surface area contributed by atoms with Crippen LogP contribution in [0.25, 0.3) is 0 Å². The molecule has 0 radical (unpaired) electrons. The van der Waals surface area contributed by atoms with Gasteiger partial charge in [0.15, 0.2) is 6.10 Å². The predicted octanol–water partition coefficient (Wildman–Crippen LogP) is 4.45. The molecular weight excluding hydrogens is 388 g/mol. The molecule has 5 heteroatoms. The highest BCUT2D eigenvalue weighted by atomic mass is 16.5. The van der Waals surface area contributed by atoms with E-state index in [4.69, 9.17) is 4.74 Å². The first kappa shape index (κ1) is 22.9. The molecule has 0 unspecified atom stereocenters. The molecule has 2 amide bonds. The van der Waals surface area contributed by atoms with Crippen LogP contribution in [0.4, 0.5) is 0 Å². The SMILES string of the molecule is CC[C@@H](Oc1ccc2c(c1)[C@@H](c1ccccc1)N(C(=O)C(C)C)CC2)C(=O)N(C)CC. The fourth-order valence-electron chi connectivity index (χ4n) is 4.10. The van der Waals surface area contributed by atoms with Gasteiger partial charge < -0.3 is 14.5 Å². The Morgan fingerprint density at radius 2 is 1.84 bits per heavy atom. The second-order valence-electron chi connectivity index (χ2n) is 8.48. The molecule has 2 aromatic rings. The zero-order valence-electron chi connectivity index (χ0n) is 19.3. The average molecular weight is 423 g/mol. The lowest BCUT2D eigenvalue weighted by Gasteiger charge is -2.39. The van der Waals surface area contributed by atoms with Gasteiger partial charge in [-0.2, -0.15) is 0 Å². The number of hydrogen-bond acceptors (Lipinski definition) is 3. The summed E-state index contributed by atoms with van der Waals surface area (Å²) in [5.74, 6) is 0.734. The van der Waals surface area contributed by atoms with E-state index in [2.05, 4.69) is 18.2 Å². The molecule has 0 N–H and O–H groups in total. The van der Waals surface area contributed by atoms with E-state index >= 15 is 0 Å². The fraction of sp³-hybridized carbons (Fsp3) is 0.462. The highest BCUT2D eigenvalue weighted by Gasteiger charge is 2.33. The summed E-state index contributed by atoms with van der Waals surface area (Å²) < 4.78 is 6.15. The van der Waals surface area contributed by atoms with E-state index in [1.165, 1.54) is 5.56 Å². The van der Waals surface area contributed by atoms with Gasteiger partial charge in [-0.15, -0.1) is 0 Å². The molecule has 1 aliphatic heterocycles. The van der Waals surface area contributed by atoms with Crippen LogP contribution in [0.5, 0.6) is 5.75 Å². The standard InChI is InChI=1S/C26H34N2O3/c1-6-23(26(30)27(5)7-2)31-21-14-13-19-15-16-28(25(29)18(3)4)24(22(19)17-21)20-11-9-8-10-12-20/h8-14,17-18,23-24H,6-7,15-16H2,1-5H3/t23-,24-/m1/s1. The third kappa shape index (κ3) is 4.92. The van der Waals surface area contributed by atoms with Crippen molar-refractivity contribution in [2.24, 2.45) is 5.92 Å². The van der Waals surface area contributed by atoms with Crippen molar-refractivity contribution in [3.63, 3.8) is 0 Å². The Hall–Kier alpha value is -2.82. The summed E-state index contributed by atoms with van der Waals surface area (Å²) in [7, 11) is 1.79. The van der Waals surface area contributed by atoms with E-state index in [1.54, 1.807) is 11.9 Å². The summed E-state index contributed by atoms with van der Waals surface area (Å²) in [6.07, 6.45) is 0.891. The zero-order valence-corrected chi connectivity index (χ0v) is 19.3. The van der Waals surface area contributed by atoms with Gasteiger partial charge >= 0.3 is 0 Å². The van der Waals surface area contributed by atoms with E-state index in [0.29, 0.717) is 25.3 Å². The molecule has 3 rings (SSSR count). The first-order chi connectivity index (χ1) is 14.9. The van der Waals surface area contributed by atoms with Gasteiger partial charge in [0.05, 0.1) is 6.04 Å². The lowest BCUT2D eigenvalue weighted by Crippen LogP contribution is -2.42. The molecule has 1 heterocycles. The second-order valence-corrected chi connectivity index (χ2v) is 8.48. The van der Waals surface area contributed by atoms with Crippen LogP contribution < -0.4 is 4.74 Å². The lowest BCUT2D eigenvalue weighted by atomic mass is 9.87. The van der Waals surface area contributed by atoms with Gasteiger partial charge in [0.25, 0.3) is 5.91 Å². The van der Waals surface area contributed by atoms with Gasteiger partial charge in [-0.25, -0.2) is 0 Å². The normalized spacial score (nSPS) is 16.6. The minimum absolute atomic E-state index is 0.0149. The molecule has 0 aromatic heterocycles. The molecule has 1 aliphatic rings. The third-order valence-electron chi connectivity index (χ3n) is 6.01. The van der Waals surface area contributed by atoms with E-state index < -0.39 is 6.10 Å². The molecule has 0 bridgehead atoms. The summed E-state index contributed by atoms with van der Waals surface area (Å²) in [5.41, 5.74) is 3.39. The molecule has 0 spiro atoms. The topological polar surface area (TPSA) is 49.9 Å². The van der Waals surface area contributed by atoms with Crippen molar-refractivity contribution in [3.8, 4) is 5.75 Å². The largest absolute Gasteiger partial charge is 0.481 e. The number of rotatable bonds is 7. The summed E-state index contributed by atoms with van der Waals surface area (Å²) in [4.78, 5) is 29.4. The van der Waals surface area contributed by atoms with Crippen LogP contribution in [0, 0.1) is 5.92 Å². The molecular formula is C26H34N2O3. The van der Waals surface area contributed by atoms with Gasteiger partial charge in [0, 0.05) is 26.1 Å². The second kappa shape index (κ2) is 9.99. The van der Waals surface area contributed by atoms with Gasteiger partial charge in [-0.05, 0) is 48.6 Å². The van der Waals surface area contributed by atoms with Crippen molar-refractivity contribution in [1.82, 2.24) is 9.80 Å². The van der Waals surface area contributed by atoms with E-state index in [9.17, 15) is 9.59 Å². The molecule has 5 nitrogen and oxygen atoms in total. The van der Waals surface area contributed by atoms with Crippen LogP contribution in [-0.4, -0.2) is 47.9 Å². The smallest absolute Gasteiger partial charge is 0.263 e. The average Bonchev–Trinajstić information content (AvgIpc) is 2.80. The van der Waals surface area contributed by atoms with Crippen molar-refractivity contribution < 1.29 is 14.3 Å². The maximum Gasteiger partial charge on any atom is 0.263 e. The van der Waals surface area contributed by atoms with Crippen molar-refractivity contribution in [1.29, 1.82) is 0 Å². The predicted molar refractivity (Wildman–Crippen MR) is 123 cm³/mol. The van der Waals surface area contributed by atoms with E-state index in [-0.39, 0.29) is 23.8 Å². The molecule has 2 aromatic carbocycles. The highest BCUT2D eigenvalue weighted by molar-refractivity contribution is 5.81. The number of carbonyl (C=O) groups excluding carboxylic acids is 2. The highest BCUT2D eigenvalue weighted by Crippen LogP contribution is 2.38. The van der Waals surface area contributed by atoms with Crippen LogP contribution in [-0.2, 0) is 16.0 Å². The van der Waals surface area contributed by atoms with Crippen molar-refractivity contribution in [3.05, 3.63) is 65.2 Å². The van der Waals surface area contributed by atoms with Crippen LogP contribution >= 0.6 is 0 Å². The van der Waals surface area contributed by atoms with E-state index in [1.807, 2.05) is 62.9 Å². The minimum atomic E-state index is -0.518. The van der Waals surface area contributed by atoms with Crippen LogP contribution in [0.2, 0.25) is 0 Å². The Morgan fingerprint density at radius 1 is 1.13 bits per heavy atom. The molecule has 0 aliphatic carbocycles. The number of benzene rings is 2. The Kier molecular flexibility index (Phi) is 7.37.